The molecule has 2 N–H and O–H groups in total. The van der Waals surface area contributed by atoms with Gasteiger partial charge in [0.25, 0.3) is 0 Å². The van der Waals surface area contributed by atoms with E-state index in [2.05, 4.69) is 23.9 Å². The van der Waals surface area contributed by atoms with Crippen LogP contribution in [0.25, 0.3) is 0 Å². The Morgan fingerprint density at radius 3 is 2.68 bits per heavy atom. The number of hydrogen-bond acceptors (Lipinski definition) is 3. The van der Waals surface area contributed by atoms with Gasteiger partial charge in [0.15, 0.2) is 0 Å². The smallest absolute Gasteiger partial charge is 0.123 e. The standard InChI is InChI=1S/C15H24FN3/c1-18-8-7-12(9-18)10-19(2)11-15(17)13-3-5-14(16)6-4-13/h3-6,12,15H,7-11,17H2,1-2H3. The predicted octanol–water partition coefficient (Wildman–Crippen LogP) is 1.71. The van der Waals surface area contributed by atoms with Crippen LogP contribution in [-0.4, -0.2) is 50.1 Å². The molecule has 0 spiro atoms. The normalized spacial score (nSPS) is 22.1. The second-order valence-electron chi connectivity index (χ2n) is 5.80. The number of likely N-dealkylation sites (N-methyl/N-ethyl adjacent to an activating group) is 1. The second kappa shape index (κ2) is 6.46. The zero-order chi connectivity index (χ0) is 13.8. The van der Waals surface area contributed by atoms with Crippen LogP contribution < -0.4 is 5.73 Å². The van der Waals surface area contributed by atoms with E-state index >= 15 is 0 Å². The van der Waals surface area contributed by atoms with Crippen LogP contribution in [0, 0.1) is 11.7 Å². The summed E-state index contributed by atoms with van der Waals surface area (Å²) in [5.74, 6) is 0.536. The highest BCUT2D eigenvalue weighted by molar-refractivity contribution is 5.19. The van der Waals surface area contributed by atoms with Crippen molar-refractivity contribution in [2.75, 3.05) is 40.3 Å². The van der Waals surface area contributed by atoms with Gasteiger partial charge in [-0.3, -0.25) is 0 Å². The van der Waals surface area contributed by atoms with Gasteiger partial charge in [-0.25, -0.2) is 4.39 Å². The molecule has 1 fully saturated rings. The molecule has 4 heteroatoms. The zero-order valence-corrected chi connectivity index (χ0v) is 11.8. The first-order valence-electron chi connectivity index (χ1n) is 6.92. The molecular formula is C15H24FN3. The number of nitrogens with zero attached hydrogens (tertiary/aromatic N) is 2. The van der Waals surface area contributed by atoms with Gasteiger partial charge in [0.1, 0.15) is 5.82 Å². The van der Waals surface area contributed by atoms with Crippen LogP contribution in [0.3, 0.4) is 0 Å². The van der Waals surface area contributed by atoms with Crippen molar-refractivity contribution in [1.82, 2.24) is 9.80 Å². The first-order chi connectivity index (χ1) is 9.04. The highest BCUT2D eigenvalue weighted by Gasteiger charge is 2.21. The van der Waals surface area contributed by atoms with E-state index < -0.39 is 0 Å². The molecule has 2 rings (SSSR count). The van der Waals surface area contributed by atoms with Gasteiger partial charge >= 0.3 is 0 Å². The molecule has 1 aliphatic heterocycles. The van der Waals surface area contributed by atoms with Crippen LogP contribution in [0.5, 0.6) is 0 Å². The monoisotopic (exact) mass is 265 g/mol. The van der Waals surface area contributed by atoms with E-state index in [0.717, 1.165) is 24.6 Å². The van der Waals surface area contributed by atoms with Gasteiger partial charge in [-0.15, -0.1) is 0 Å². The van der Waals surface area contributed by atoms with Crippen LogP contribution in [0.2, 0.25) is 0 Å². The van der Waals surface area contributed by atoms with Gasteiger partial charge in [0, 0.05) is 25.7 Å². The lowest BCUT2D eigenvalue weighted by molar-refractivity contribution is 0.260. The SMILES string of the molecule is CN1CCC(CN(C)CC(N)c2ccc(F)cc2)C1. The first-order valence-corrected chi connectivity index (χ1v) is 6.92. The summed E-state index contributed by atoms with van der Waals surface area (Å²) < 4.78 is 12.9. The fraction of sp³-hybridized carbons (Fsp3) is 0.600. The fourth-order valence-corrected chi connectivity index (χ4v) is 2.84. The van der Waals surface area contributed by atoms with Crippen LogP contribution in [0.15, 0.2) is 24.3 Å². The molecule has 2 unspecified atom stereocenters. The Morgan fingerprint density at radius 2 is 2.11 bits per heavy atom. The Morgan fingerprint density at radius 1 is 1.42 bits per heavy atom. The Labute approximate surface area is 115 Å². The minimum atomic E-state index is -0.210. The maximum absolute atomic E-state index is 12.9. The average Bonchev–Trinajstić information content (AvgIpc) is 2.75. The Kier molecular flexibility index (Phi) is 4.91. The van der Waals surface area contributed by atoms with Crippen molar-refractivity contribution in [2.45, 2.75) is 12.5 Å². The third-order valence-corrected chi connectivity index (χ3v) is 3.87. The molecule has 1 aliphatic rings. The summed E-state index contributed by atoms with van der Waals surface area (Å²) in [6.07, 6.45) is 1.27. The summed E-state index contributed by atoms with van der Waals surface area (Å²) in [6.45, 7) is 4.27. The average molecular weight is 265 g/mol. The van der Waals surface area contributed by atoms with Crippen LogP contribution in [-0.2, 0) is 0 Å². The first kappa shape index (κ1) is 14.4. The number of likely N-dealkylation sites (tertiary alicyclic amines) is 1. The molecule has 0 aliphatic carbocycles. The number of rotatable bonds is 5. The second-order valence-corrected chi connectivity index (χ2v) is 5.80. The number of benzene rings is 1. The quantitative estimate of drug-likeness (QED) is 0.879. The Bertz CT molecular complexity index is 393. The van der Waals surface area contributed by atoms with Gasteiger partial charge in [0.05, 0.1) is 0 Å². The van der Waals surface area contributed by atoms with Crippen molar-refractivity contribution in [2.24, 2.45) is 11.7 Å². The molecule has 1 aromatic carbocycles. The predicted molar refractivity (Wildman–Crippen MR) is 76.4 cm³/mol. The Balaban J connectivity index is 1.81. The summed E-state index contributed by atoms with van der Waals surface area (Å²) in [5.41, 5.74) is 7.17. The molecule has 19 heavy (non-hydrogen) atoms. The lowest BCUT2D eigenvalue weighted by Crippen LogP contribution is -2.33. The minimum Gasteiger partial charge on any atom is -0.323 e. The fourth-order valence-electron chi connectivity index (χ4n) is 2.84. The molecular weight excluding hydrogens is 241 g/mol. The molecule has 0 radical (unpaired) electrons. The van der Waals surface area contributed by atoms with Crippen molar-refractivity contribution in [3.63, 3.8) is 0 Å². The summed E-state index contributed by atoms with van der Waals surface area (Å²) >= 11 is 0. The summed E-state index contributed by atoms with van der Waals surface area (Å²) in [4.78, 5) is 4.66. The van der Waals surface area contributed by atoms with Gasteiger partial charge in [-0.1, -0.05) is 12.1 Å². The largest absolute Gasteiger partial charge is 0.323 e. The molecule has 1 aromatic rings. The molecule has 0 bridgehead atoms. The van der Waals surface area contributed by atoms with Crippen molar-refractivity contribution in [1.29, 1.82) is 0 Å². The van der Waals surface area contributed by atoms with Gasteiger partial charge < -0.3 is 15.5 Å². The van der Waals surface area contributed by atoms with E-state index in [4.69, 9.17) is 5.73 Å². The number of hydrogen-bond donors (Lipinski definition) is 1. The summed E-state index contributed by atoms with van der Waals surface area (Å²) in [7, 11) is 4.28. The van der Waals surface area contributed by atoms with E-state index in [1.807, 2.05) is 0 Å². The molecule has 0 amide bonds. The molecule has 1 saturated heterocycles. The third-order valence-electron chi connectivity index (χ3n) is 3.87. The van der Waals surface area contributed by atoms with Gasteiger partial charge in [-0.2, -0.15) is 0 Å². The van der Waals surface area contributed by atoms with Crippen molar-refractivity contribution in [3.8, 4) is 0 Å². The van der Waals surface area contributed by atoms with Crippen molar-refractivity contribution >= 4 is 0 Å². The van der Waals surface area contributed by atoms with Crippen LogP contribution in [0.1, 0.15) is 18.0 Å². The van der Waals surface area contributed by atoms with Gasteiger partial charge in [-0.05, 0) is 50.7 Å². The van der Waals surface area contributed by atoms with E-state index in [0.29, 0.717) is 0 Å². The van der Waals surface area contributed by atoms with Crippen LogP contribution in [0.4, 0.5) is 4.39 Å². The Hall–Kier alpha value is -0.970. The van der Waals surface area contributed by atoms with E-state index in [9.17, 15) is 4.39 Å². The van der Waals surface area contributed by atoms with Gasteiger partial charge in [0.2, 0.25) is 0 Å². The molecule has 0 saturated carbocycles. The third kappa shape index (κ3) is 4.27. The van der Waals surface area contributed by atoms with E-state index in [1.54, 1.807) is 12.1 Å². The molecule has 1 heterocycles. The molecule has 3 nitrogen and oxygen atoms in total. The minimum absolute atomic E-state index is 0.0512. The number of halogens is 1. The highest BCUT2D eigenvalue weighted by atomic mass is 19.1. The molecule has 0 aromatic heterocycles. The van der Waals surface area contributed by atoms with Crippen LogP contribution >= 0.6 is 0 Å². The van der Waals surface area contributed by atoms with E-state index in [-0.39, 0.29) is 11.9 Å². The maximum Gasteiger partial charge on any atom is 0.123 e. The van der Waals surface area contributed by atoms with E-state index in [1.165, 1.54) is 31.6 Å². The number of nitrogens with two attached hydrogens (primary N) is 1. The van der Waals surface area contributed by atoms with Crippen molar-refractivity contribution in [3.05, 3.63) is 35.6 Å². The molecule has 2 atom stereocenters. The van der Waals surface area contributed by atoms with Crippen molar-refractivity contribution < 1.29 is 4.39 Å². The molecule has 106 valence electrons. The summed E-state index contributed by atoms with van der Waals surface area (Å²) in [6, 6.07) is 6.45. The lowest BCUT2D eigenvalue weighted by Gasteiger charge is -2.24. The lowest BCUT2D eigenvalue weighted by atomic mass is 10.1. The topological polar surface area (TPSA) is 32.5 Å². The summed E-state index contributed by atoms with van der Waals surface area (Å²) in [5, 5.41) is 0. The highest BCUT2D eigenvalue weighted by Crippen LogP contribution is 2.17. The maximum atomic E-state index is 12.9. The zero-order valence-electron chi connectivity index (χ0n) is 11.8.